The van der Waals surface area contributed by atoms with Gasteiger partial charge in [-0.2, -0.15) is 0 Å². The van der Waals surface area contributed by atoms with Crippen LogP contribution in [-0.4, -0.2) is 7.11 Å². The van der Waals surface area contributed by atoms with Gasteiger partial charge >= 0.3 is 0 Å². The fourth-order valence-electron chi connectivity index (χ4n) is 0.752. The highest BCUT2D eigenvalue weighted by atomic mass is 127. The summed E-state index contributed by atoms with van der Waals surface area (Å²) >= 11 is 2.29. The molecule has 0 spiro atoms. The maximum atomic E-state index is 4.82. The second kappa shape index (κ2) is 4.38. The predicted molar refractivity (Wildman–Crippen MR) is 55.2 cm³/mol. The van der Waals surface area contributed by atoms with Crippen molar-refractivity contribution in [2.75, 3.05) is 7.11 Å². The van der Waals surface area contributed by atoms with E-state index in [0.29, 0.717) is 0 Å². The van der Waals surface area contributed by atoms with Crippen molar-refractivity contribution in [2.45, 2.75) is 0 Å². The van der Waals surface area contributed by atoms with Crippen LogP contribution in [0.15, 0.2) is 30.5 Å². The second-order valence-corrected chi connectivity index (χ2v) is 3.22. The van der Waals surface area contributed by atoms with E-state index in [1.807, 2.05) is 18.2 Å². The lowest BCUT2D eigenvalue weighted by molar-refractivity contribution is 0.341. The Morgan fingerprint density at radius 2 is 2.09 bits per heavy atom. The van der Waals surface area contributed by atoms with Gasteiger partial charge in [0.25, 0.3) is 0 Å². The summed E-state index contributed by atoms with van der Waals surface area (Å²) in [5.41, 5.74) is 1.19. The molecule has 2 heteroatoms. The van der Waals surface area contributed by atoms with E-state index in [-0.39, 0.29) is 0 Å². The van der Waals surface area contributed by atoms with E-state index < -0.39 is 0 Å². The smallest absolute Gasteiger partial charge is 0.0830 e. The average Bonchev–Trinajstić information content (AvgIpc) is 2.03. The van der Waals surface area contributed by atoms with E-state index in [1.165, 1.54) is 9.13 Å². The van der Waals surface area contributed by atoms with Crippen LogP contribution in [0.2, 0.25) is 0 Å². The molecule has 0 fully saturated rings. The molecule has 58 valence electrons. The van der Waals surface area contributed by atoms with Crippen LogP contribution in [0.1, 0.15) is 5.56 Å². The number of hydrogen-bond acceptors (Lipinski definition) is 1. The molecule has 1 aromatic carbocycles. The molecule has 11 heavy (non-hydrogen) atoms. The van der Waals surface area contributed by atoms with Crippen molar-refractivity contribution in [1.82, 2.24) is 0 Å². The first kappa shape index (κ1) is 8.59. The SMILES string of the molecule is CO/C=C\c1ccccc1I. The first-order valence-corrected chi connectivity index (χ1v) is 4.36. The molecule has 1 aromatic rings. The van der Waals surface area contributed by atoms with Gasteiger partial charge in [-0.1, -0.05) is 18.2 Å². The van der Waals surface area contributed by atoms with E-state index in [1.54, 1.807) is 13.4 Å². The zero-order valence-electron chi connectivity index (χ0n) is 6.25. The molecule has 0 bridgehead atoms. The Kier molecular flexibility index (Phi) is 3.42. The van der Waals surface area contributed by atoms with Crippen molar-refractivity contribution in [1.29, 1.82) is 0 Å². The Bertz CT molecular complexity index is 255. The maximum Gasteiger partial charge on any atom is 0.0830 e. The third kappa shape index (κ3) is 2.54. The number of hydrogen-bond donors (Lipinski definition) is 0. The summed E-state index contributed by atoms with van der Waals surface area (Å²) < 4.78 is 6.05. The summed E-state index contributed by atoms with van der Waals surface area (Å²) in [4.78, 5) is 0. The predicted octanol–water partition coefficient (Wildman–Crippen LogP) is 2.91. The quantitative estimate of drug-likeness (QED) is 0.586. The molecule has 0 aromatic heterocycles. The minimum atomic E-state index is 1.19. The molecule has 0 aliphatic carbocycles. The van der Waals surface area contributed by atoms with E-state index in [2.05, 4.69) is 34.7 Å². The summed E-state index contributed by atoms with van der Waals surface area (Å²) in [6.07, 6.45) is 3.62. The molecule has 0 heterocycles. The summed E-state index contributed by atoms with van der Waals surface area (Å²) in [7, 11) is 1.65. The van der Waals surface area contributed by atoms with Crippen LogP contribution in [0, 0.1) is 3.57 Å². The number of ether oxygens (including phenoxy) is 1. The van der Waals surface area contributed by atoms with Crippen molar-refractivity contribution in [3.8, 4) is 0 Å². The van der Waals surface area contributed by atoms with Crippen molar-refractivity contribution in [3.05, 3.63) is 39.7 Å². The van der Waals surface area contributed by atoms with Gasteiger partial charge in [-0.15, -0.1) is 0 Å². The Balaban J connectivity index is 2.86. The van der Waals surface area contributed by atoms with Gasteiger partial charge in [0.1, 0.15) is 0 Å². The minimum Gasteiger partial charge on any atom is -0.504 e. The van der Waals surface area contributed by atoms with Crippen LogP contribution < -0.4 is 0 Å². The zero-order valence-corrected chi connectivity index (χ0v) is 8.41. The normalized spacial score (nSPS) is 10.4. The minimum absolute atomic E-state index is 1.19. The molecule has 0 aliphatic heterocycles. The fourth-order valence-corrected chi connectivity index (χ4v) is 1.32. The van der Waals surface area contributed by atoms with Crippen LogP contribution >= 0.6 is 22.6 Å². The molecule has 0 radical (unpaired) electrons. The summed E-state index contributed by atoms with van der Waals surface area (Å²) in [5.74, 6) is 0. The number of benzene rings is 1. The van der Waals surface area contributed by atoms with Crippen LogP contribution in [0.5, 0.6) is 0 Å². The van der Waals surface area contributed by atoms with Gasteiger partial charge in [0, 0.05) is 3.57 Å². The largest absolute Gasteiger partial charge is 0.504 e. The van der Waals surface area contributed by atoms with Crippen LogP contribution in [-0.2, 0) is 4.74 Å². The van der Waals surface area contributed by atoms with Gasteiger partial charge in [0.2, 0.25) is 0 Å². The highest BCUT2D eigenvalue weighted by Crippen LogP contribution is 2.12. The van der Waals surface area contributed by atoms with Crippen molar-refractivity contribution >= 4 is 28.7 Å². The van der Waals surface area contributed by atoms with Crippen molar-refractivity contribution in [3.63, 3.8) is 0 Å². The molecule has 1 nitrogen and oxygen atoms in total. The molecule has 0 aliphatic rings. The topological polar surface area (TPSA) is 9.23 Å². The third-order valence-corrected chi connectivity index (χ3v) is 2.27. The van der Waals surface area contributed by atoms with Crippen molar-refractivity contribution in [2.24, 2.45) is 0 Å². The number of rotatable bonds is 2. The summed E-state index contributed by atoms with van der Waals surface area (Å²) in [6, 6.07) is 8.15. The highest BCUT2D eigenvalue weighted by molar-refractivity contribution is 14.1. The van der Waals surface area contributed by atoms with Crippen LogP contribution in [0.3, 0.4) is 0 Å². The van der Waals surface area contributed by atoms with Gasteiger partial charge in [0.05, 0.1) is 13.4 Å². The molecule has 0 saturated heterocycles. The van der Waals surface area contributed by atoms with Gasteiger partial charge < -0.3 is 4.74 Å². The maximum absolute atomic E-state index is 4.82. The third-order valence-electron chi connectivity index (χ3n) is 1.29. The van der Waals surface area contributed by atoms with Gasteiger partial charge in [0.15, 0.2) is 0 Å². The molecule has 0 N–H and O–H groups in total. The van der Waals surface area contributed by atoms with E-state index in [4.69, 9.17) is 4.74 Å². The van der Waals surface area contributed by atoms with E-state index >= 15 is 0 Å². The van der Waals surface area contributed by atoms with Crippen LogP contribution in [0.4, 0.5) is 0 Å². The monoisotopic (exact) mass is 260 g/mol. The molecular weight excluding hydrogens is 251 g/mol. The van der Waals surface area contributed by atoms with Crippen LogP contribution in [0.25, 0.3) is 6.08 Å². The first-order chi connectivity index (χ1) is 5.34. The molecule has 1 rings (SSSR count). The molecule has 0 amide bonds. The van der Waals surface area contributed by atoms with Gasteiger partial charge in [-0.25, -0.2) is 0 Å². The Hall–Kier alpha value is -0.510. The summed E-state index contributed by atoms with van der Waals surface area (Å²) in [6.45, 7) is 0. The molecular formula is C9H9IO. The van der Waals surface area contributed by atoms with Gasteiger partial charge in [-0.05, 0) is 40.3 Å². The van der Waals surface area contributed by atoms with E-state index in [0.717, 1.165) is 0 Å². The number of methoxy groups -OCH3 is 1. The Labute approximate surface area is 80.2 Å². The Morgan fingerprint density at radius 1 is 1.36 bits per heavy atom. The Morgan fingerprint density at radius 3 is 2.73 bits per heavy atom. The van der Waals surface area contributed by atoms with E-state index in [9.17, 15) is 0 Å². The lowest BCUT2D eigenvalue weighted by Crippen LogP contribution is -1.77. The number of halogens is 1. The standard InChI is InChI=1S/C9H9IO/c1-11-7-6-8-4-2-3-5-9(8)10/h2-7H,1H3/b7-6-. The highest BCUT2D eigenvalue weighted by Gasteiger charge is 1.90. The molecule has 0 atom stereocenters. The zero-order chi connectivity index (χ0) is 8.10. The fraction of sp³-hybridized carbons (Fsp3) is 0.111. The average molecular weight is 260 g/mol. The molecule has 0 saturated carbocycles. The molecule has 0 unspecified atom stereocenters. The second-order valence-electron chi connectivity index (χ2n) is 2.06. The lowest BCUT2D eigenvalue weighted by atomic mass is 10.2. The summed E-state index contributed by atoms with van der Waals surface area (Å²) in [5, 5.41) is 0. The first-order valence-electron chi connectivity index (χ1n) is 3.28. The van der Waals surface area contributed by atoms with Gasteiger partial charge in [-0.3, -0.25) is 0 Å². The van der Waals surface area contributed by atoms with Crippen molar-refractivity contribution < 1.29 is 4.74 Å². The lowest BCUT2D eigenvalue weighted by Gasteiger charge is -1.95.